The smallest absolute Gasteiger partial charge is 0.231 e. The number of fused-ring (bicyclic) bond motifs is 1. The molecule has 2 N–H and O–H groups in total. The van der Waals surface area contributed by atoms with Crippen LogP contribution in [0, 0.1) is 0 Å². The fourth-order valence-electron chi connectivity index (χ4n) is 2.75. The highest BCUT2D eigenvalue weighted by atomic mass is 35.5. The zero-order valence-electron chi connectivity index (χ0n) is 9.87. The summed E-state index contributed by atoms with van der Waals surface area (Å²) in [6.45, 7) is 0.684. The van der Waals surface area contributed by atoms with Gasteiger partial charge >= 0.3 is 0 Å². The molecular weight excluding hydrogens is 254 g/mol. The van der Waals surface area contributed by atoms with Gasteiger partial charge in [0.1, 0.15) is 0 Å². The van der Waals surface area contributed by atoms with E-state index in [0.717, 1.165) is 24.8 Å². The van der Waals surface area contributed by atoms with Gasteiger partial charge in [0.25, 0.3) is 0 Å². The van der Waals surface area contributed by atoms with Crippen molar-refractivity contribution in [2.24, 2.45) is 5.73 Å². The van der Waals surface area contributed by atoms with Gasteiger partial charge in [-0.2, -0.15) is 0 Å². The highest BCUT2D eigenvalue weighted by Gasteiger charge is 2.42. The molecule has 0 amide bonds. The van der Waals surface area contributed by atoms with Crippen LogP contribution in [0.5, 0.6) is 11.5 Å². The summed E-state index contributed by atoms with van der Waals surface area (Å²) in [5.41, 5.74) is 7.19. The second-order valence-electron chi connectivity index (χ2n) is 4.84. The summed E-state index contributed by atoms with van der Waals surface area (Å²) >= 11 is 6.15. The number of ether oxygens (including phenoxy) is 2. The largest absolute Gasteiger partial charge is 0.453 e. The van der Waals surface area contributed by atoms with Crippen molar-refractivity contribution < 1.29 is 14.3 Å². The molecule has 1 aliphatic heterocycles. The van der Waals surface area contributed by atoms with Gasteiger partial charge in [-0.05, 0) is 18.9 Å². The second kappa shape index (κ2) is 4.14. The Labute approximate surface area is 110 Å². The van der Waals surface area contributed by atoms with Gasteiger partial charge in [0, 0.05) is 17.5 Å². The van der Waals surface area contributed by atoms with Crippen molar-refractivity contribution >= 4 is 17.9 Å². The van der Waals surface area contributed by atoms with Crippen LogP contribution in [-0.4, -0.2) is 19.6 Å². The van der Waals surface area contributed by atoms with Crippen LogP contribution in [0.3, 0.4) is 0 Å². The van der Waals surface area contributed by atoms with Gasteiger partial charge in [-0.25, -0.2) is 0 Å². The molecule has 1 aromatic rings. The third kappa shape index (κ3) is 1.45. The van der Waals surface area contributed by atoms with Crippen molar-refractivity contribution in [2.45, 2.75) is 24.7 Å². The van der Waals surface area contributed by atoms with E-state index >= 15 is 0 Å². The van der Waals surface area contributed by atoms with Crippen LogP contribution in [-0.2, 0) is 5.41 Å². The molecule has 0 saturated heterocycles. The first-order valence-corrected chi connectivity index (χ1v) is 6.37. The predicted molar refractivity (Wildman–Crippen MR) is 67.5 cm³/mol. The van der Waals surface area contributed by atoms with Crippen LogP contribution in [0.4, 0.5) is 0 Å². The second-order valence-corrected chi connectivity index (χ2v) is 5.25. The van der Waals surface area contributed by atoms with Crippen molar-refractivity contribution in [3.63, 3.8) is 0 Å². The topological polar surface area (TPSA) is 61.6 Å². The van der Waals surface area contributed by atoms with Gasteiger partial charge in [-0.1, -0.05) is 18.0 Å². The lowest BCUT2D eigenvalue weighted by atomic mass is 9.64. The Hall–Kier alpha value is -1.26. The molecule has 1 heterocycles. The molecule has 4 nitrogen and oxygen atoms in total. The summed E-state index contributed by atoms with van der Waals surface area (Å²) in [6, 6.07) is 1.81. The van der Waals surface area contributed by atoms with Gasteiger partial charge in [0.2, 0.25) is 6.79 Å². The van der Waals surface area contributed by atoms with E-state index in [4.69, 9.17) is 26.8 Å². The monoisotopic (exact) mass is 267 g/mol. The van der Waals surface area contributed by atoms with Crippen molar-refractivity contribution in [3.05, 3.63) is 22.2 Å². The van der Waals surface area contributed by atoms with E-state index in [-0.39, 0.29) is 12.2 Å². The van der Waals surface area contributed by atoms with Crippen LogP contribution in [0.15, 0.2) is 6.07 Å². The van der Waals surface area contributed by atoms with Crippen LogP contribution < -0.4 is 15.2 Å². The molecule has 0 bridgehead atoms. The van der Waals surface area contributed by atoms with Gasteiger partial charge in [0.05, 0.1) is 10.6 Å². The Balaban J connectivity index is 2.19. The van der Waals surface area contributed by atoms with E-state index in [0.29, 0.717) is 34.9 Å². The van der Waals surface area contributed by atoms with Gasteiger partial charge < -0.3 is 15.2 Å². The van der Waals surface area contributed by atoms with E-state index in [9.17, 15) is 4.79 Å². The quantitative estimate of drug-likeness (QED) is 0.854. The van der Waals surface area contributed by atoms with E-state index in [2.05, 4.69) is 0 Å². The zero-order chi connectivity index (χ0) is 12.8. The zero-order valence-corrected chi connectivity index (χ0v) is 10.6. The maximum absolute atomic E-state index is 11.1. The molecule has 0 radical (unpaired) electrons. The third-order valence-corrected chi connectivity index (χ3v) is 4.33. The minimum Gasteiger partial charge on any atom is -0.453 e. The molecule has 18 heavy (non-hydrogen) atoms. The third-order valence-electron chi connectivity index (χ3n) is 4.02. The summed E-state index contributed by atoms with van der Waals surface area (Å²) in [6.07, 6.45) is 3.90. The average Bonchev–Trinajstić information content (AvgIpc) is 2.77. The summed E-state index contributed by atoms with van der Waals surface area (Å²) in [5.74, 6) is 1.11. The molecule has 1 fully saturated rings. The normalized spacial score (nSPS) is 19.4. The number of benzene rings is 1. The first-order valence-electron chi connectivity index (χ1n) is 6.00. The number of rotatable bonds is 3. The molecule has 5 heteroatoms. The molecule has 1 saturated carbocycles. The molecule has 0 aromatic heterocycles. The summed E-state index contributed by atoms with van der Waals surface area (Å²) in [4.78, 5) is 11.1. The Morgan fingerprint density at radius 2 is 2.11 bits per heavy atom. The molecule has 0 atom stereocenters. The average molecular weight is 268 g/mol. The van der Waals surface area contributed by atoms with Crippen molar-refractivity contribution in [3.8, 4) is 11.5 Å². The molecule has 3 rings (SSSR count). The SMILES string of the molecule is NCC1(c2cc(Cl)c(C=O)c3c2OCO3)CCC1. The van der Waals surface area contributed by atoms with Crippen molar-refractivity contribution in [2.75, 3.05) is 13.3 Å². The fourth-order valence-corrected chi connectivity index (χ4v) is 2.99. The summed E-state index contributed by atoms with van der Waals surface area (Å²) < 4.78 is 10.9. The minimum absolute atomic E-state index is 0.0666. The number of carbonyl (C=O) groups excluding carboxylic acids is 1. The molecule has 0 spiro atoms. The first kappa shape index (κ1) is 11.8. The van der Waals surface area contributed by atoms with Crippen LogP contribution in [0.25, 0.3) is 0 Å². The highest BCUT2D eigenvalue weighted by Crippen LogP contribution is 2.52. The number of hydrogen-bond donors (Lipinski definition) is 1. The standard InChI is InChI=1S/C13H14ClNO3/c14-10-4-9(13(6-15)2-1-3-13)12-11(8(10)5-16)17-7-18-12/h4-5H,1-3,6-7,15H2. The van der Waals surface area contributed by atoms with Gasteiger partial charge in [-0.3, -0.25) is 4.79 Å². The van der Waals surface area contributed by atoms with E-state index in [1.54, 1.807) is 0 Å². The van der Waals surface area contributed by atoms with E-state index in [1.807, 2.05) is 6.07 Å². The number of halogens is 1. The number of aldehydes is 1. The maximum atomic E-state index is 11.1. The van der Waals surface area contributed by atoms with Crippen LogP contribution in [0.1, 0.15) is 35.2 Å². The van der Waals surface area contributed by atoms with Crippen molar-refractivity contribution in [1.29, 1.82) is 0 Å². The summed E-state index contributed by atoms with van der Waals surface area (Å²) in [5, 5.41) is 0.406. The lowest BCUT2D eigenvalue weighted by molar-refractivity contribution is 0.111. The van der Waals surface area contributed by atoms with Crippen LogP contribution in [0.2, 0.25) is 5.02 Å². The number of nitrogens with two attached hydrogens (primary N) is 1. The fraction of sp³-hybridized carbons (Fsp3) is 0.462. The van der Waals surface area contributed by atoms with Crippen LogP contribution >= 0.6 is 11.6 Å². The lowest BCUT2D eigenvalue weighted by Gasteiger charge is -2.42. The molecule has 0 unspecified atom stereocenters. The number of carbonyl (C=O) groups is 1. The molecule has 96 valence electrons. The Morgan fingerprint density at radius 3 is 2.67 bits per heavy atom. The Morgan fingerprint density at radius 1 is 1.39 bits per heavy atom. The lowest BCUT2D eigenvalue weighted by Crippen LogP contribution is -2.41. The van der Waals surface area contributed by atoms with E-state index < -0.39 is 0 Å². The highest BCUT2D eigenvalue weighted by molar-refractivity contribution is 6.33. The molecule has 1 aliphatic carbocycles. The first-order chi connectivity index (χ1) is 8.72. The Bertz CT molecular complexity index is 506. The minimum atomic E-state index is -0.0666. The predicted octanol–water partition coefficient (Wildman–Crippen LogP) is 2.26. The molecular formula is C13H14ClNO3. The maximum Gasteiger partial charge on any atom is 0.231 e. The van der Waals surface area contributed by atoms with Crippen molar-refractivity contribution in [1.82, 2.24) is 0 Å². The van der Waals surface area contributed by atoms with E-state index in [1.165, 1.54) is 0 Å². The van der Waals surface area contributed by atoms with Gasteiger partial charge in [-0.15, -0.1) is 0 Å². The number of hydrogen-bond acceptors (Lipinski definition) is 4. The van der Waals surface area contributed by atoms with Gasteiger partial charge in [0.15, 0.2) is 17.8 Å². The molecule has 2 aliphatic rings. The summed E-state index contributed by atoms with van der Waals surface area (Å²) in [7, 11) is 0. The Kier molecular flexibility index (Phi) is 2.72. The molecule has 1 aromatic carbocycles.